The number of benzene rings is 1. The minimum absolute atomic E-state index is 0. The molecule has 0 fully saturated rings. The first-order valence-electron chi connectivity index (χ1n) is 8.40. The van der Waals surface area contributed by atoms with E-state index in [0.29, 0.717) is 12.5 Å². The van der Waals surface area contributed by atoms with Gasteiger partial charge >= 0.3 is 0 Å². The molecule has 1 aromatic carbocycles. The second kappa shape index (κ2) is 11.9. The fourth-order valence-corrected chi connectivity index (χ4v) is 2.09. The molecule has 0 saturated heterocycles. The Bertz CT molecular complexity index is 571. The van der Waals surface area contributed by atoms with Gasteiger partial charge in [-0.25, -0.2) is 4.99 Å². The second-order valence-corrected chi connectivity index (χ2v) is 6.66. The van der Waals surface area contributed by atoms with Gasteiger partial charge in [0.1, 0.15) is 12.3 Å². The van der Waals surface area contributed by atoms with Crippen LogP contribution in [0.25, 0.3) is 0 Å². The molecule has 1 aromatic rings. The van der Waals surface area contributed by atoms with Crippen molar-refractivity contribution in [2.75, 3.05) is 26.7 Å². The van der Waals surface area contributed by atoms with Crippen molar-refractivity contribution < 1.29 is 14.6 Å². The van der Waals surface area contributed by atoms with E-state index in [9.17, 15) is 9.90 Å². The van der Waals surface area contributed by atoms with Crippen LogP contribution in [0.5, 0.6) is 5.75 Å². The molecule has 7 nitrogen and oxygen atoms in total. The summed E-state index contributed by atoms with van der Waals surface area (Å²) in [5.41, 5.74) is 0.484. The highest BCUT2D eigenvalue weighted by molar-refractivity contribution is 14.0. The maximum Gasteiger partial charge on any atom is 0.242 e. The lowest BCUT2D eigenvalue weighted by Crippen LogP contribution is -2.43. The molecule has 1 rings (SSSR count). The monoisotopic (exact) mass is 478 g/mol. The first kappa shape index (κ1) is 24.5. The van der Waals surface area contributed by atoms with Crippen molar-refractivity contribution in [3.8, 4) is 5.75 Å². The van der Waals surface area contributed by atoms with Crippen molar-refractivity contribution in [3.63, 3.8) is 0 Å². The number of hydrogen-bond acceptors (Lipinski definition) is 4. The van der Waals surface area contributed by atoms with E-state index in [2.05, 4.69) is 20.9 Å². The normalized spacial score (nSPS) is 12.6. The minimum Gasteiger partial charge on any atom is -0.497 e. The van der Waals surface area contributed by atoms with Gasteiger partial charge in [-0.15, -0.1) is 24.0 Å². The fourth-order valence-electron chi connectivity index (χ4n) is 2.09. The van der Waals surface area contributed by atoms with E-state index in [-0.39, 0.29) is 48.5 Å². The second-order valence-electron chi connectivity index (χ2n) is 6.66. The van der Waals surface area contributed by atoms with E-state index in [4.69, 9.17) is 4.74 Å². The molecule has 0 heterocycles. The molecule has 0 bridgehead atoms. The molecule has 148 valence electrons. The van der Waals surface area contributed by atoms with Gasteiger partial charge in [0.05, 0.1) is 13.2 Å². The lowest BCUT2D eigenvalue weighted by atomic mass is 10.1. The number of carbonyl (C=O) groups is 1. The Morgan fingerprint density at radius 3 is 2.35 bits per heavy atom. The third-order valence-electron chi connectivity index (χ3n) is 3.20. The number of aliphatic imine (C=N–C) groups is 1. The number of rotatable bonds is 7. The number of carbonyl (C=O) groups excluding carboxylic acids is 1. The number of aliphatic hydroxyl groups excluding tert-OH is 1. The molecule has 0 saturated carbocycles. The summed E-state index contributed by atoms with van der Waals surface area (Å²) in [5, 5.41) is 19.2. The van der Waals surface area contributed by atoms with Crippen LogP contribution in [0.3, 0.4) is 0 Å². The van der Waals surface area contributed by atoms with Crippen LogP contribution in [0.1, 0.15) is 39.4 Å². The Morgan fingerprint density at radius 2 is 1.85 bits per heavy atom. The number of hydrogen-bond donors (Lipinski definition) is 4. The van der Waals surface area contributed by atoms with Crippen LogP contribution in [0, 0.1) is 0 Å². The smallest absolute Gasteiger partial charge is 0.242 e. The fraction of sp³-hybridized carbons (Fsp3) is 0.556. The summed E-state index contributed by atoms with van der Waals surface area (Å²) in [6, 6.07) is 7.22. The number of amides is 1. The van der Waals surface area contributed by atoms with Gasteiger partial charge in [-0.2, -0.15) is 0 Å². The minimum atomic E-state index is -0.696. The van der Waals surface area contributed by atoms with Crippen LogP contribution in [0.4, 0.5) is 0 Å². The summed E-state index contributed by atoms with van der Waals surface area (Å²) in [4.78, 5) is 16.1. The molecule has 0 aliphatic carbocycles. The zero-order chi connectivity index (χ0) is 18.9. The predicted molar refractivity (Wildman–Crippen MR) is 115 cm³/mol. The van der Waals surface area contributed by atoms with Crippen LogP contribution in [-0.2, 0) is 4.79 Å². The average Bonchev–Trinajstić information content (AvgIpc) is 2.55. The van der Waals surface area contributed by atoms with Crippen molar-refractivity contribution in [1.82, 2.24) is 16.0 Å². The number of guanidine groups is 1. The average molecular weight is 478 g/mol. The summed E-state index contributed by atoms with van der Waals surface area (Å²) in [6.45, 7) is 8.65. The number of ether oxygens (including phenoxy) is 1. The van der Waals surface area contributed by atoms with Crippen LogP contribution in [-0.4, -0.2) is 49.3 Å². The van der Waals surface area contributed by atoms with Gasteiger partial charge < -0.3 is 25.8 Å². The van der Waals surface area contributed by atoms with E-state index < -0.39 is 6.10 Å². The van der Waals surface area contributed by atoms with Crippen molar-refractivity contribution in [2.24, 2.45) is 4.99 Å². The van der Waals surface area contributed by atoms with E-state index >= 15 is 0 Å². The van der Waals surface area contributed by atoms with Crippen molar-refractivity contribution >= 4 is 35.8 Å². The maximum atomic E-state index is 11.9. The molecule has 0 aliphatic rings. The van der Waals surface area contributed by atoms with Crippen LogP contribution in [0.2, 0.25) is 0 Å². The lowest BCUT2D eigenvalue weighted by Gasteiger charge is -2.20. The molecule has 4 N–H and O–H groups in total. The third kappa shape index (κ3) is 9.81. The van der Waals surface area contributed by atoms with Crippen molar-refractivity contribution in [3.05, 3.63) is 29.8 Å². The van der Waals surface area contributed by atoms with Gasteiger partial charge in [0.25, 0.3) is 0 Å². The molecule has 0 aliphatic heterocycles. The number of nitrogens with zero attached hydrogens (tertiary/aromatic N) is 1. The zero-order valence-electron chi connectivity index (χ0n) is 16.1. The number of nitrogens with one attached hydrogen (secondary N) is 3. The Morgan fingerprint density at radius 1 is 1.23 bits per heavy atom. The highest BCUT2D eigenvalue weighted by atomic mass is 127. The van der Waals surface area contributed by atoms with Crippen LogP contribution >= 0.6 is 24.0 Å². The number of methoxy groups -OCH3 is 1. The van der Waals surface area contributed by atoms with Gasteiger partial charge in [0, 0.05) is 18.6 Å². The van der Waals surface area contributed by atoms with Gasteiger partial charge in [-0.1, -0.05) is 12.1 Å². The van der Waals surface area contributed by atoms with Gasteiger partial charge in [-0.3, -0.25) is 4.79 Å². The lowest BCUT2D eigenvalue weighted by molar-refractivity contribution is -0.121. The summed E-state index contributed by atoms with van der Waals surface area (Å²) in [7, 11) is 1.60. The first-order chi connectivity index (χ1) is 11.7. The molecule has 1 atom stereocenters. The molecular weight excluding hydrogens is 447 g/mol. The predicted octanol–water partition coefficient (Wildman–Crippen LogP) is 1.82. The Balaban J connectivity index is 0.00000625. The van der Waals surface area contributed by atoms with E-state index in [0.717, 1.165) is 11.3 Å². The SMILES string of the molecule is CCNC(=NCC(=O)NC(C)(C)C)NCC(O)c1ccc(OC)cc1.I. The summed E-state index contributed by atoms with van der Waals surface area (Å²) >= 11 is 0. The first-order valence-corrected chi connectivity index (χ1v) is 8.40. The molecule has 1 unspecified atom stereocenters. The molecule has 1 amide bonds. The van der Waals surface area contributed by atoms with E-state index in [1.807, 2.05) is 39.8 Å². The topological polar surface area (TPSA) is 95.0 Å². The molecule has 0 radical (unpaired) electrons. The van der Waals surface area contributed by atoms with Crippen LogP contribution in [0.15, 0.2) is 29.3 Å². The van der Waals surface area contributed by atoms with Crippen molar-refractivity contribution in [1.29, 1.82) is 0 Å². The third-order valence-corrected chi connectivity index (χ3v) is 3.20. The molecular formula is C18H31IN4O3. The summed E-state index contributed by atoms with van der Waals surface area (Å²) < 4.78 is 5.10. The Kier molecular flexibility index (Phi) is 11.2. The molecule has 0 spiro atoms. The van der Waals surface area contributed by atoms with Gasteiger partial charge in [-0.05, 0) is 45.4 Å². The van der Waals surface area contributed by atoms with Crippen LogP contribution < -0.4 is 20.7 Å². The number of halogens is 1. The summed E-state index contributed by atoms with van der Waals surface area (Å²) in [5.74, 6) is 1.07. The molecule has 26 heavy (non-hydrogen) atoms. The van der Waals surface area contributed by atoms with E-state index in [1.165, 1.54) is 0 Å². The molecule has 0 aromatic heterocycles. The van der Waals surface area contributed by atoms with E-state index in [1.54, 1.807) is 19.2 Å². The largest absolute Gasteiger partial charge is 0.497 e. The highest BCUT2D eigenvalue weighted by Crippen LogP contribution is 2.16. The Hall–Kier alpha value is -1.55. The highest BCUT2D eigenvalue weighted by Gasteiger charge is 2.13. The van der Waals surface area contributed by atoms with Gasteiger partial charge in [0.2, 0.25) is 5.91 Å². The molecule has 8 heteroatoms. The standard InChI is InChI=1S/C18H30N4O3.HI/c1-6-19-17(21-12-16(24)22-18(2,3)4)20-11-15(23)13-7-9-14(25-5)10-8-13;/h7-10,15,23H,6,11-12H2,1-5H3,(H,22,24)(H2,19,20,21);1H. The number of aliphatic hydroxyl groups is 1. The van der Waals surface area contributed by atoms with Gasteiger partial charge in [0.15, 0.2) is 5.96 Å². The Labute approximate surface area is 173 Å². The zero-order valence-corrected chi connectivity index (χ0v) is 18.5. The van der Waals surface area contributed by atoms with Crippen molar-refractivity contribution in [2.45, 2.75) is 39.3 Å². The quantitative estimate of drug-likeness (QED) is 0.273. The maximum absolute atomic E-state index is 11.9. The summed E-state index contributed by atoms with van der Waals surface area (Å²) in [6.07, 6.45) is -0.696.